The molecular formula is C23H16ClF3N3O2SSe. The summed E-state index contributed by atoms with van der Waals surface area (Å²) in [7, 11) is -4.27. The molecule has 0 saturated carbocycles. The number of hydrogen-bond donors (Lipinski definition) is 0. The number of halogens is 4. The van der Waals surface area contributed by atoms with Gasteiger partial charge >= 0.3 is 208 Å². The third kappa shape index (κ3) is 5.36. The molecule has 1 radical (unpaired) electrons. The summed E-state index contributed by atoms with van der Waals surface area (Å²) in [5.41, 5.74) is 1.56. The topological polar surface area (TPSA) is 62.1 Å². The first kappa shape index (κ1) is 24.5. The molecule has 0 aliphatic carbocycles. The molecule has 0 saturated heterocycles. The van der Waals surface area contributed by atoms with E-state index < -0.39 is 21.8 Å². The van der Waals surface area contributed by atoms with Crippen molar-refractivity contribution < 1.29 is 21.6 Å². The van der Waals surface area contributed by atoms with Gasteiger partial charge in [-0.05, 0) is 0 Å². The first-order chi connectivity index (χ1) is 16.0. The number of sulfonamides is 1. The molecule has 0 amide bonds. The number of benzene rings is 3. The average Bonchev–Trinajstić information content (AvgIpc) is 3.25. The van der Waals surface area contributed by atoms with Crippen LogP contribution in [0.3, 0.4) is 0 Å². The Labute approximate surface area is 207 Å². The number of hydrazone groups is 1. The van der Waals surface area contributed by atoms with E-state index in [2.05, 4.69) is 25.5 Å². The van der Waals surface area contributed by atoms with Gasteiger partial charge in [0.15, 0.2) is 0 Å². The molecule has 0 bridgehead atoms. The Bertz CT molecular complexity index is 1340. The fraction of sp³-hybridized carbons (Fsp3) is 0.130. The van der Waals surface area contributed by atoms with E-state index in [0.29, 0.717) is 29.4 Å². The minimum atomic E-state index is -4.57. The molecule has 1 atom stereocenters. The zero-order valence-corrected chi connectivity index (χ0v) is 20.6. The number of alkyl halides is 3. The van der Waals surface area contributed by atoms with E-state index in [-0.39, 0.29) is 15.5 Å². The third-order valence-electron chi connectivity index (χ3n) is 5.15. The molecule has 1 aliphatic rings. The summed E-state index contributed by atoms with van der Waals surface area (Å²) in [4.78, 5) is -0.353. The zero-order chi connectivity index (χ0) is 24.5. The Balaban J connectivity index is 1.66. The Morgan fingerprint density at radius 3 is 2.21 bits per heavy atom. The van der Waals surface area contributed by atoms with Crippen LogP contribution in [0.4, 0.5) is 13.2 Å². The average molecular weight is 570 g/mol. The van der Waals surface area contributed by atoms with Crippen LogP contribution in [0.25, 0.3) is 0 Å². The number of amidine groups is 1. The Kier molecular flexibility index (Phi) is 6.87. The van der Waals surface area contributed by atoms with Crippen molar-refractivity contribution in [2.45, 2.75) is 17.0 Å². The first-order valence-electron chi connectivity index (χ1n) is 9.91. The Morgan fingerprint density at radius 1 is 1.00 bits per heavy atom. The molecule has 1 heterocycles. The standard InChI is InChI=1S/C23H16ClF3N3O2SSe/c24-18-10-6-16(7-11-18)21-20(15-4-2-1-3-5-15)14-30(28-21)22(34)29-33(31,32)19-12-8-17(9-13-19)23(25,26)27/h1-13,20H,14H2/b29-22-. The molecule has 34 heavy (non-hydrogen) atoms. The van der Waals surface area contributed by atoms with Gasteiger partial charge in [-0.15, -0.1) is 0 Å². The molecule has 0 N–H and O–H groups in total. The maximum atomic E-state index is 12.8. The van der Waals surface area contributed by atoms with Gasteiger partial charge < -0.3 is 0 Å². The number of nitrogens with zero attached hydrogens (tertiary/aromatic N) is 3. The van der Waals surface area contributed by atoms with Crippen LogP contribution >= 0.6 is 11.6 Å². The van der Waals surface area contributed by atoms with Gasteiger partial charge in [-0.3, -0.25) is 0 Å². The van der Waals surface area contributed by atoms with Crippen molar-refractivity contribution in [1.29, 1.82) is 0 Å². The van der Waals surface area contributed by atoms with Crippen LogP contribution in [0.15, 0.2) is 93.3 Å². The first-order valence-corrected chi connectivity index (χ1v) is 12.6. The van der Waals surface area contributed by atoms with Gasteiger partial charge in [0.25, 0.3) is 0 Å². The molecule has 1 aliphatic heterocycles. The van der Waals surface area contributed by atoms with E-state index in [1.54, 1.807) is 12.1 Å². The van der Waals surface area contributed by atoms with Crippen LogP contribution < -0.4 is 0 Å². The summed E-state index contributed by atoms with van der Waals surface area (Å²) in [6.07, 6.45) is -4.57. The second-order valence-corrected chi connectivity index (χ2v) is 10.2. The van der Waals surface area contributed by atoms with E-state index in [0.717, 1.165) is 23.3 Å². The fourth-order valence-corrected chi connectivity index (χ4v) is 5.34. The van der Waals surface area contributed by atoms with Crippen LogP contribution in [0.1, 0.15) is 22.6 Å². The van der Waals surface area contributed by atoms with Crippen LogP contribution in [0.2, 0.25) is 5.02 Å². The summed E-state index contributed by atoms with van der Waals surface area (Å²) < 4.78 is 67.6. The fourth-order valence-electron chi connectivity index (χ4n) is 3.47. The maximum absolute atomic E-state index is 12.8. The zero-order valence-electron chi connectivity index (χ0n) is 17.3. The van der Waals surface area contributed by atoms with E-state index in [9.17, 15) is 21.6 Å². The van der Waals surface area contributed by atoms with Crippen molar-refractivity contribution in [3.63, 3.8) is 0 Å². The summed E-state index contributed by atoms with van der Waals surface area (Å²) in [6, 6.07) is 19.9. The second kappa shape index (κ2) is 9.54. The van der Waals surface area contributed by atoms with Crippen molar-refractivity contribution in [1.82, 2.24) is 5.01 Å². The molecule has 0 fully saturated rings. The van der Waals surface area contributed by atoms with Crippen LogP contribution in [-0.2, 0) is 16.2 Å². The van der Waals surface area contributed by atoms with Gasteiger partial charge in [0.1, 0.15) is 0 Å². The van der Waals surface area contributed by atoms with Crippen molar-refractivity contribution in [2.24, 2.45) is 9.50 Å². The number of hydrogen-bond acceptors (Lipinski definition) is 3. The van der Waals surface area contributed by atoms with Crippen molar-refractivity contribution >= 4 is 48.1 Å². The van der Waals surface area contributed by atoms with E-state index >= 15 is 0 Å². The van der Waals surface area contributed by atoms with Crippen LogP contribution in [0.5, 0.6) is 0 Å². The van der Waals surface area contributed by atoms with Gasteiger partial charge in [-0.2, -0.15) is 0 Å². The van der Waals surface area contributed by atoms with Crippen LogP contribution in [0, 0.1) is 0 Å². The number of rotatable bonds is 4. The Morgan fingerprint density at radius 2 is 1.62 bits per heavy atom. The normalized spacial score (nSPS) is 17.1. The van der Waals surface area contributed by atoms with Gasteiger partial charge in [0.2, 0.25) is 0 Å². The van der Waals surface area contributed by atoms with Crippen molar-refractivity contribution in [3.05, 3.63) is 101 Å². The van der Waals surface area contributed by atoms with E-state index in [1.807, 2.05) is 42.5 Å². The second-order valence-electron chi connectivity index (χ2n) is 7.41. The van der Waals surface area contributed by atoms with Gasteiger partial charge in [0, 0.05) is 0 Å². The molecule has 1 unspecified atom stereocenters. The summed E-state index contributed by atoms with van der Waals surface area (Å²) in [5, 5.41) is 6.61. The molecule has 3 aromatic carbocycles. The molecule has 0 spiro atoms. The SMILES string of the molecule is O=S(=O)(/N=C(\[Se])N1CC(c2ccccc2)C(c2ccc(Cl)cc2)=N1)c1ccc(C(F)(F)F)cc1. The predicted octanol–water partition coefficient (Wildman–Crippen LogP) is 5.08. The molecule has 11 heteroatoms. The van der Waals surface area contributed by atoms with Crippen molar-refractivity contribution in [3.8, 4) is 0 Å². The van der Waals surface area contributed by atoms with E-state index in [4.69, 9.17) is 11.6 Å². The van der Waals surface area contributed by atoms with Crippen LogP contribution in [-0.4, -0.2) is 46.4 Å². The molecule has 175 valence electrons. The molecule has 4 rings (SSSR count). The Hall–Kier alpha value is -2.65. The van der Waals surface area contributed by atoms with Gasteiger partial charge in [-0.25, -0.2) is 0 Å². The molecule has 5 nitrogen and oxygen atoms in total. The van der Waals surface area contributed by atoms with Crippen molar-refractivity contribution in [2.75, 3.05) is 6.54 Å². The molecule has 0 aromatic heterocycles. The summed E-state index contributed by atoms with van der Waals surface area (Å²) >= 11 is 8.64. The quantitative estimate of drug-likeness (QED) is 0.250. The summed E-state index contributed by atoms with van der Waals surface area (Å²) in [5.74, 6) is -0.172. The third-order valence-corrected chi connectivity index (χ3v) is 7.58. The summed E-state index contributed by atoms with van der Waals surface area (Å²) in [6.45, 7) is 0.316. The monoisotopic (exact) mass is 570 g/mol. The molecular weight excluding hydrogens is 554 g/mol. The van der Waals surface area contributed by atoms with Gasteiger partial charge in [0.05, 0.1) is 0 Å². The van der Waals surface area contributed by atoms with E-state index in [1.165, 1.54) is 5.01 Å². The minimum absolute atomic E-state index is 0.0233. The predicted molar refractivity (Wildman–Crippen MR) is 126 cm³/mol. The molecule has 3 aromatic rings. The van der Waals surface area contributed by atoms with Gasteiger partial charge in [-0.1, -0.05) is 0 Å².